The summed E-state index contributed by atoms with van der Waals surface area (Å²) in [5.41, 5.74) is 2.40. The minimum absolute atomic E-state index is 0.0704. The van der Waals surface area contributed by atoms with Crippen LogP contribution in [0, 0.1) is 17.1 Å². The summed E-state index contributed by atoms with van der Waals surface area (Å²) in [5.74, 6) is -0.589. The molecular weight excluding hydrogens is 281 g/mol. The van der Waals surface area contributed by atoms with Crippen molar-refractivity contribution in [2.24, 2.45) is 0 Å². The summed E-state index contributed by atoms with van der Waals surface area (Å²) < 4.78 is 13.9. The molecule has 0 aliphatic carbocycles. The molecule has 3 rings (SSSR count). The highest BCUT2D eigenvalue weighted by atomic mass is 19.1. The summed E-state index contributed by atoms with van der Waals surface area (Å²) in [6.07, 6.45) is 1.72. The number of fused-ring (bicyclic) bond motifs is 1. The van der Waals surface area contributed by atoms with Gasteiger partial charge in [-0.3, -0.25) is 4.79 Å². The number of carbonyl (C=O) groups excluding carboxylic acids is 1. The number of nitrogens with one attached hydrogen (secondary N) is 2. The Labute approximate surface area is 126 Å². The third-order valence-corrected chi connectivity index (χ3v) is 3.39. The lowest BCUT2D eigenvalue weighted by molar-refractivity contribution is -0.115. The number of benzene rings is 2. The van der Waals surface area contributed by atoms with E-state index in [9.17, 15) is 9.18 Å². The van der Waals surface area contributed by atoms with Crippen LogP contribution in [0.1, 0.15) is 11.1 Å². The maximum Gasteiger partial charge on any atom is 0.228 e. The fraction of sp³-hybridized carbons (Fsp3) is 0.0588. The summed E-state index contributed by atoms with van der Waals surface area (Å²) in [5, 5.41) is 11.9. The molecule has 0 saturated carbocycles. The third-order valence-electron chi connectivity index (χ3n) is 3.39. The Morgan fingerprint density at radius 2 is 2.00 bits per heavy atom. The van der Waals surface area contributed by atoms with E-state index >= 15 is 0 Å². The van der Waals surface area contributed by atoms with Crippen molar-refractivity contribution >= 4 is 22.5 Å². The van der Waals surface area contributed by atoms with Crippen molar-refractivity contribution in [1.82, 2.24) is 4.98 Å². The van der Waals surface area contributed by atoms with Crippen molar-refractivity contribution in [3.63, 3.8) is 0 Å². The van der Waals surface area contributed by atoms with Crippen LogP contribution >= 0.6 is 0 Å². The zero-order valence-electron chi connectivity index (χ0n) is 11.6. The highest BCUT2D eigenvalue weighted by molar-refractivity contribution is 5.95. The van der Waals surface area contributed by atoms with Gasteiger partial charge < -0.3 is 10.3 Å². The maximum absolute atomic E-state index is 13.9. The van der Waals surface area contributed by atoms with Crippen molar-refractivity contribution in [1.29, 1.82) is 5.26 Å². The summed E-state index contributed by atoms with van der Waals surface area (Å²) in [7, 11) is 0. The Kier molecular flexibility index (Phi) is 3.58. The number of hydrogen-bond acceptors (Lipinski definition) is 2. The third kappa shape index (κ3) is 2.67. The van der Waals surface area contributed by atoms with Crippen LogP contribution in [-0.4, -0.2) is 10.9 Å². The molecule has 108 valence electrons. The molecule has 2 aromatic carbocycles. The molecule has 0 atom stereocenters. The molecular formula is C17H12FN3O. The summed E-state index contributed by atoms with van der Waals surface area (Å²) >= 11 is 0. The lowest BCUT2D eigenvalue weighted by Gasteiger charge is -2.05. The number of anilines is 1. The number of nitrogens with zero attached hydrogens (tertiary/aromatic N) is 1. The largest absolute Gasteiger partial charge is 0.361 e. The smallest absolute Gasteiger partial charge is 0.228 e. The minimum atomic E-state index is -0.347. The van der Waals surface area contributed by atoms with E-state index in [-0.39, 0.29) is 18.1 Å². The van der Waals surface area contributed by atoms with Gasteiger partial charge >= 0.3 is 0 Å². The minimum Gasteiger partial charge on any atom is -0.361 e. The Morgan fingerprint density at radius 3 is 2.73 bits per heavy atom. The normalized spacial score (nSPS) is 10.4. The van der Waals surface area contributed by atoms with Gasteiger partial charge in [-0.15, -0.1) is 0 Å². The number of halogens is 1. The molecule has 0 fully saturated rings. The van der Waals surface area contributed by atoms with Crippen LogP contribution in [0.5, 0.6) is 0 Å². The van der Waals surface area contributed by atoms with E-state index in [1.165, 1.54) is 6.07 Å². The van der Waals surface area contributed by atoms with Crippen LogP contribution in [-0.2, 0) is 11.2 Å². The van der Waals surface area contributed by atoms with E-state index in [1.807, 2.05) is 6.07 Å². The molecule has 0 bridgehead atoms. The molecule has 4 nitrogen and oxygen atoms in total. The summed E-state index contributed by atoms with van der Waals surface area (Å²) in [6, 6.07) is 13.3. The fourth-order valence-corrected chi connectivity index (χ4v) is 2.35. The van der Waals surface area contributed by atoms with Crippen molar-refractivity contribution in [2.45, 2.75) is 6.42 Å². The van der Waals surface area contributed by atoms with Gasteiger partial charge in [0.25, 0.3) is 0 Å². The average molecular weight is 293 g/mol. The van der Waals surface area contributed by atoms with E-state index < -0.39 is 0 Å². The van der Waals surface area contributed by atoms with E-state index in [2.05, 4.69) is 10.3 Å². The first-order valence-electron chi connectivity index (χ1n) is 6.72. The zero-order valence-corrected chi connectivity index (χ0v) is 11.6. The van der Waals surface area contributed by atoms with Gasteiger partial charge in [0.05, 0.1) is 18.1 Å². The van der Waals surface area contributed by atoms with Gasteiger partial charge in [-0.25, -0.2) is 4.39 Å². The van der Waals surface area contributed by atoms with Gasteiger partial charge in [0.15, 0.2) is 0 Å². The number of amides is 1. The van der Waals surface area contributed by atoms with Crippen molar-refractivity contribution in [3.8, 4) is 6.07 Å². The highest BCUT2D eigenvalue weighted by Gasteiger charge is 2.12. The van der Waals surface area contributed by atoms with Gasteiger partial charge in [-0.05, 0) is 42.0 Å². The SMILES string of the molecule is N#Cc1ccc(NC(=O)Cc2c[nH]c3cccc(F)c23)cc1. The monoisotopic (exact) mass is 293 g/mol. The number of hydrogen-bond donors (Lipinski definition) is 2. The average Bonchev–Trinajstić information content (AvgIpc) is 2.92. The van der Waals surface area contributed by atoms with Crippen LogP contribution in [0.3, 0.4) is 0 Å². The second kappa shape index (κ2) is 5.70. The van der Waals surface area contributed by atoms with Crippen molar-refractivity contribution in [2.75, 3.05) is 5.32 Å². The standard InChI is InChI=1S/C17H12FN3O/c18-14-2-1-3-15-17(14)12(10-20-15)8-16(22)21-13-6-4-11(9-19)5-7-13/h1-7,10,20H,8H2,(H,21,22). The predicted molar refractivity (Wildman–Crippen MR) is 81.7 cm³/mol. The molecule has 2 N–H and O–H groups in total. The Balaban J connectivity index is 1.77. The summed E-state index contributed by atoms with van der Waals surface area (Å²) in [6.45, 7) is 0. The number of carbonyl (C=O) groups is 1. The number of H-pyrrole nitrogens is 1. The molecule has 1 aromatic heterocycles. The topological polar surface area (TPSA) is 68.7 Å². The molecule has 3 aromatic rings. The quantitative estimate of drug-likeness (QED) is 0.777. The number of nitriles is 1. The molecule has 0 unspecified atom stereocenters. The Morgan fingerprint density at radius 1 is 1.23 bits per heavy atom. The van der Waals surface area contributed by atoms with Gasteiger partial charge in [-0.1, -0.05) is 6.07 Å². The van der Waals surface area contributed by atoms with Crippen LogP contribution < -0.4 is 5.32 Å². The molecule has 0 saturated heterocycles. The molecule has 0 radical (unpaired) electrons. The first kappa shape index (κ1) is 13.8. The predicted octanol–water partition coefficient (Wildman–Crippen LogP) is 3.36. The van der Waals surface area contributed by atoms with Crippen LogP contribution in [0.25, 0.3) is 10.9 Å². The molecule has 5 heteroatoms. The van der Waals surface area contributed by atoms with E-state index in [1.54, 1.807) is 42.6 Å². The lowest BCUT2D eigenvalue weighted by atomic mass is 10.1. The van der Waals surface area contributed by atoms with Crippen molar-refractivity contribution in [3.05, 3.63) is 65.6 Å². The molecule has 0 spiro atoms. The summed E-state index contributed by atoms with van der Waals surface area (Å²) in [4.78, 5) is 15.0. The first-order chi connectivity index (χ1) is 10.7. The highest BCUT2D eigenvalue weighted by Crippen LogP contribution is 2.22. The Bertz CT molecular complexity index is 875. The van der Waals surface area contributed by atoms with Gasteiger partial charge in [-0.2, -0.15) is 5.26 Å². The number of aromatic amines is 1. The lowest BCUT2D eigenvalue weighted by Crippen LogP contribution is -2.14. The fourth-order valence-electron chi connectivity index (χ4n) is 2.35. The second-order valence-corrected chi connectivity index (χ2v) is 4.89. The van der Waals surface area contributed by atoms with Gasteiger partial charge in [0.2, 0.25) is 5.91 Å². The van der Waals surface area contributed by atoms with Gasteiger partial charge in [0.1, 0.15) is 5.82 Å². The van der Waals surface area contributed by atoms with Gasteiger partial charge in [0, 0.05) is 22.8 Å². The molecule has 1 amide bonds. The zero-order chi connectivity index (χ0) is 15.5. The van der Waals surface area contributed by atoms with Crippen LogP contribution in [0.15, 0.2) is 48.7 Å². The van der Waals surface area contributed by atoms with Crippen LogP contribution in [0.2, 0.25) is 0 Å². The molecule has 0 aliphatic heterocycles. The van der Waals surface area contributed by atoms with E-state index in [4.69, 9.17) is 5.26 Å². The van der Waals surface area contributed by atoms with Crippen LogP contribution in [0.4, 0.5) is 10.1 Å². The van der Waals surface area contributed by atoms with Crippen molar-refractivity contribution < 1.29 is 9.18 Å². The van der Waals surface area contributed by atoms with E-state index in [0.717, 1.165) is 0 Å². The van der Waals surface area contributed by atoms with E-state index in [0.29, 0.717) is 27.7 Å². The Hall–Kier alpha value is -3.13. The first-order valence-corrected chi connectivity index (χ1v) is 6.72. The second-order valence-electron chi connectivity index (χ2n) is 4.89. The maximum atomic E-state index is 13.9. The molecule has 0 aliphatic rings. The number of rotatable bonds is 3. The molecule has 1 heterocycles. The number of aromatic nitrogens is 1. The molecule has 22 heavy (non-hydrogen) atoms.